The topological polar surface area (TPSA) is 72.2 Å². The highest BCUT2D eigenvalue weighted by Gasteiger charge is 2.29. The number of aromatic nitrogens is 3. The summed E-state index contributed by atoms with van der Waals surface area (Å²) in [5.74, 6) is 0. The molecular weight excluding hydrogens is 414 g/mol. The lowest BCUT2D eigenvalue weighted by atomic mass is 10.0. The molecule has 8 heteroatoms. The smallest absolute Gasteiger partial charge is 0.252 e. The first-order valence-corrected chi connectivity index (χ1v) is 11.2. The monoisotopic (exact) mass is 439 g/mol. The molecule has 0 aliphatic carbocycles. The third-order valence-corrected chi connectivity index (χ3v) is 6.93. The van der Waals surface area contributed by atoms with Crippen molar-refractivity contribution in [1.29, 1.82) is 0 Å². The van der Waals surface area contributed by atoms with E-state index >= 15 is 0 Å². The third kappa shape index (κ3) is 3.93. The van der Waals surface area contributed by atoms with Crippen molar-refractivity contribution in [2.24, 2.45) is 0 Å². The van der Waals surface area contributed by atoms with Gasteiger partial charge in [-0.15, -0.1) is 0 Å². The summed E-state index contributed by atoms with van der Waals surface area (Å²) in [5, 5.41) is 5.26. The van der Waals surface area contributed by atoms with Crippen molar-refractivity contribution in [1.82, 2.24) is 24.3 Å². The van der Waals surface area contributed by atoms with Crippen LogP contribution in [0.25, 0.3) is 11.0 Å². The number of rotatable bonds is 5. The number of hydrogen-bond donors (Lipinski definition) is 1. The quantitative estimate of drug-likeness (QED) is 0.660. The first-order chi connectivity index (χ1) is 15.0. The maximum atomic E-state index is 12.6. The molecule has 0 bridgehead atoms. The molecule has 1 fully saturated rings. The molecule has 1 unspecified atom stereocenters. The van der Waals surface area contributed by atoms with Crippen LogP contribution >= 0.6 is 11.6 Å². The standard InChI is InChI=1S/C23H26ClN5O2/c1-15-20(24)10-16(11-25-15)12-26-18-6-8-27(9-7-18)13-19-14-28-21(30)4-2-17-3-5-22(31)29(19)23(17)28/h2-5,10-11,18-19,26H,6-9,12-14H2,1H3. The first kappa shape index (κ1) is 20.4. The molecule has 5 heterocycles. The summed E-state index contributed by atoms with van der Waals surface area (Å²) in [7, 11) is 0. The van der Waals surface area contributed by atoms with Crippen LogP contribution in [0.3, 0.4) is 0 Å². The van der Waals surface area contributed by atoms with E-state index < -0.39 is 0 Å². The molecule has 3 aromatic rings. The number of nitrogens with one attached hydrogen (secondary N) is 1. The minimum Gasteiger partial charge on any atom is -0.310 e. The number of aryl methyl sites for hydroxylation is 1. The number of halogens is 1. The van der Waals surface area contributed by atoms with Gasteiger partial charge in [0.25, 0.3) is 11.1 Å². The minimum atomic E-state index is -0.0389. The van der Waals surface area contributed by atoms with Crippen LogP contribution in [0.2, 0.25) is 5.02 Å². The molecule has 3 aromatic heterocycles. The fourth-order valence-corrected chi connectivity index (χ4v) is 5.00. The summed E-state index contributed by atoms with van der Waals surface area (Å²) in [6.45, 7) is 5.95. The normalized spacial score (nSPS) is 19.4. The summed E-state index contributed by atoms with van der Waals surface area (Å²) < 4.78 is 3.56. The van der Waals surface area contributed by atoms with Crippen molar-refractivity contribution in [3.63, 3.8) is 0 Å². The molecular formula is C23H26ClN5O2. The van der Waals surface area contributed by atoms with Crippen molar-refractivity contribution >= 4 is 22.6 Å². The molecule has 2 aliphatic rings. The van der Waals surface area contributed by atoms with Gasteiger partial charge in [0.1, 0.15) is 5.65 Å². The average molecular weight is 440 g/mol. The molecule has 31 heavy (non-hydrogen) atoms. The zero-order valence-corrected chi connectivity index (χ0v) is 18.3. The van der Waals surface area contributed by atoms with E-state index in [9.17, 15) is 9.59 Å². The summed E-state index contributed by atoms with van der Waals surface area (Å²) in [4.78, 5) is 31.7. The van der Waals surface area contributed by atoms with Gasteiger partial charge in [-0.05, 0) is 56.6 Å². The molecule has 0 aromatic carbocycles. The molecule has 0 spiro atoms. The Bertz CT molecular complexity index is 1240. The number of piperidine rings is 1. The molecule has 1 atom stereocenters. The predicted octanol–water partition coefficient (Wildman–Crippen LogP) is 2.33. The summed E-state index contributed by atoms with van der Waals surface area (Å²) in [6, 6.07) is 9.23. The Kier molecular flexibility index (Phi) is 5.42. The Balaban J connectivity index is 1.21. The lowest BCUT2D eigenvalue weighted by molar-refractivity contribution is 0.171. The van der Waals surface area contributed by atoms with E-state index in [1.165, 1.54) is 0 Å². The zero-order valence-electron chi connectivity index (χ0n) is 17.6. The predicted molar refractivity (Wildman–Crippen MR) is 122 cm³/mol. The molecule has 7 nitrogen and oxygen atoms in total. The second kappa shape index (κ2) is 8.22. The van der Waals surface area contributed by atoms with E-state index in [2.05, 4.69) is 15.2 Å². The molecule has 1 saturated heterocycles. The molecule has 2 aliphatic heterocycles. The van der Waals surface area contributed by atoms with Crippen molar-refractivity contribution in [3.05, 3.63) is 73.5 Å². The Hall–Kier alpha value is -2.48. The Morgan fingerprint density at radius 2 is 1.87 bits per heavy atom. The Morgan fingerprint density at radius 1 is 1.13 bits per heavy atom. The highest BCUT2D eigenvalue weighted by atomic mass is 35.5. The van der Waals surface area contributed by atoms with E-state index in [-0.39, 0.29) is 17.2 Å². The van der Waals surface area contributed by atoms with Crippen LogP contribution in [0.1, 0.15) is 30.1 Å². The average Bonchev–Trinajstić information content (AvgIpc) is 3.15. The zero-order chi connectivity index (χ0) is 21.5. The summed E-state index contributed by atoms with van der Waals surface area (Å²) >= 11 is 6.18. The maximum absolute atomic E-state index is 12.6. The van der Waals surface area contributed by atoms with Crippen molar-refractivity contribution in [2.45, 2.75) is 44.9 Å². The SMILES string of the molecule is Cc1ncc(CNC2CCN(CC3Cn4c(=O)ccc5ccc(=O)n3c54)CC2)cc1Cl. The van der Waals surface area contributed by atoms with Gasteiger partial charge >= 0.3 is 0 Å². The molecule has 1 N–H and O–H groups in total. The van der Waals surface area contributed by atoms with Gasteiger partial charge in [-0.25, -0.2) is 0 Å². The first-order valence-electron chi connectivity index (χ1n) is 10.8. The minimum absolute atomic E-state index is 0.00316. The van der Waals surface area contributed by atoms with Gasteiger partial charge in [-0.1, -0.05) is 11.6 Å². The van der Waals surface area contributed by atoms with Crippen LogP contribution in [0.4, 0.5) is 0 Å². The molecule has 0 amide bonds. The number of hydrogen-bond acceptors (Lipinski definition) is 5. The van der Waals surface area contributed by atoms with E-state index in [0.717, 1.165) is 61.3 Å². The second-order valence-corrected chi connectivity index (χ2v) is 9.03. The van der Waals surface area contributed by atoms with Crippen LogP contribution < -0.4 is 16.4 Å². The third-order valence-electron chi connectivity index (χ3n) is 6.55. The maximum Gasteiger partial charge on any atom is 0.252 e. The van der Waals surface area contributed by atoms with Gasteiger partial charge < -0.3 is 10.2 Å². The lowest BCUT2D eigenvalue weighted by Crippen LogP contribution is -2.44. The van der Waals surface area contributed by atoms with E-state index in [1.54, 1.807) is 28.8 Å². The van der Waals surface area contributed by atoms with Crippen LogP contribution in [0, 0.1) is 6.92 Å². The van der Waals surface area contributed by atoms with E-state index in [1.807, 2.05) is 23.8 Å². The fraction of sp³-hybridized carbons (Fsp3) is 0.435. The van der Waals surface area contributed by atoms with Gasteiger partial charge in [-0.3, -0.25) is 23.7 Å². The summed E-state index contributed by atoms with van der Waals surface area (Å²) in [5.41, 5.74) is 2.63. The number of pyridine rings is 3. The van der Waals surface area contributed by atoms with Gasteiger partial charge in [-0.2, -0.15) is 0 Å². The van der Waals surface area contributed by atoms with Crippen molar-refractivity contribution in [3.8, 4) is 0 Å². The second-order valence-electron chi connectivity index (χ2n) is 8.62. The Morgan fingerprint density at radius 3 is 2.61 bits per heavy atom. The van der Waals surface area contributed by atoms with Crippen LogP contribution in [0.5, 0.6) is 0 Å². The highest BCUT2D eigenvalue weighted by molar-refractivity contribution is 6.31. The largest absolute Gasteiger partial charge is 0.310 e. The highest BCUT2D eigenvalue weighted by Crippen LogP contribution is 2.25. The van der Waals surface area contributed by atoms with Crippen LogP contribution in [0.15, 0.2) is 46.1 Å². The van der Waals surface area contributed by atoms with Crippen molar-refractivity contribution in [2.75, 3.05) is 19.6 Å². The fourth-order valence-electron chi connectivity index (χ4n) is 4.81. The van der Waals surface area contributed by atoms with Crippen molar-refractivity contribution < 1.29 is 0 Å². The summed E-state index contributed by atoms with van der Waals surface area (Å²) in [6.07, 6.45) is 3.97. The Labute approximate surface area is 185 Å². The van der Waals surface area contributed by atoms with Crippen LogP contribution in [-0.4, -0.2) is 44.7 Å². The van der Waals surface area contributed by atoms with Gasteiger partial charge in [0, 0.05) is 49.4 Å². The van der Waals surface area contributed by atoms with Crippen LogP contribution in [-0.2, 0) is 13.1 Å². The number of likely N-dealkylation sites (tertiary alicyclic amines) is 1. The molecule has 0 radical (unpaired) electrons. The van der Waals surface area contributed by atoms with Gasteiger partial charge in [0.15, 0.2) is 0 Å². The van der Waals surface area contributed by atoms with Gasteiger partial charge in [0.05, 0.1) is 16.8 Å². The molecule has 5 rings (SSSR count). The van der Waals surface area contributed by atoms with E-state index in [4.69, 9.17) is 11.6 Å². The lowest BCUT2D eigenvalue weighted by Gasteiger charge is -2.34. The number of nitrogens with zero attached hydrogens (tertiary/aromatic N) is 4. The molecule has 162 valence electrons. The van der Waals surface area contributed by atoms with E-state index in [0.29, 0.717) is 17.6 Å². The van der Waals surface area contributed by atoms with Gasteiger partial charge in [0.2, 0.25) is 0 Å². The molecule has 0 saturated carbocycles.